The Morgan fingerprint density at radius 2 is 2.24 bits per heavy atom. The third-order valence-corrected chi connectivity index (χ3v) is 2.64. The summed E-state index contributed by atoms with van der Waals surface area (Å²) in [4.78, 5) is 8.78. The van der Waals surface area contributed by atoms with Crippen molar-refractivity contribution in [1.29, 1.82) is 0 Å². The van der Waals surface area contributed by atoms with Gasteiger partial charge in [0.2, 0.25) is 0 Å². The lowest BCUT2D eigenvalue weighted by Gasteiger charge is -2.05. The molecule has 0 bridgehead atoms. The van der Waals surface area contributed by atoms with Gasteiger partial charge >= 0.3 is 0 Å². The zero-order valence-electron chi connectivity index (χ0n) is 9.60. The average Bonchev–Trinajstić information content (AvgIpc) is 2.94. The lowest BCUT2D eigenvalue weighted by molar-refractivity contribution is 1.07. The number of aromatic amines is 1. The van der Waals surface area contributed by atoms with E-state index in [4.69, 9.17) is 0 Å². The Labute approximate surface area is 97.7 Å². The third kappa shape index (κ3) is 1.45. The fourth-order valence-electron chi connectivity index (χ4n) is 1.88. The number of fused-ring (bicyclic) bond motifs is 1. The van der Waals surface area contributed by atoms with E-state index >= 15 is 0 Å². The quantitative estimate of drug-likeness (QED) is 0.696. The van der Waals surface area contributed by atoms with E-state index in [1.807, 2.05) is 37.0 Å². The molecule has 86 valence electrons. The average molecular weight is 228 g/mol. The molecule has 0 saturated carbocycles. The largest absolute Gasteiger partial charge is 0.370 e. The Hall–Kier alpha value is -2.37. The van der Waals surface area contributed by atoms with Gasteiger partial charge in [-0.15, -0.1) is 0 Å². The number of aromatic nitrogens is 5. The Morgan fingerprint density at radius 3 is 2.94 bits per heavy atom. The number of hydrogen-bond acceptors (Lipinski definition) is 4. The van der Waals surface area contributed by atoms with Gasteiger partial charge in [0.15, 0.2) is 11.5 Å². The molecule has 0 aliphatic heterocycles. The maximum absolute atomic E-state index is 4.40. The van der Waals surface area contributed by atoms with E-state index in [1.165, 1.54) is 0 Å². The maximum Gasteiger partial charge on any atom is 0.180 e. The highest BCUT2D eigenvalue weighted by Gasteiger charge is 2.10. The molecule has 0 radical (unpaired) electrons. The van der Waals surface area contributed by atoms with Crippen LogP contribution in [0.3, 0.4) is 0 Å². The molecule has 0 aliphatic rings. The number of imidazole rings is 1. The summed E-state index contributed by atoms with van der Waals surface area (Å²) in [5.41, 5.74) is 3.75. The zero-order valence-corrected chi connectivity index (χ0v) is 9.60. The molecule has 0 amide bonds. The second-order valence-corrected chi connectivity index (χ2v) is 3.80. The Balaban J connectivity index is 2.32. The minimum Gasteiger partial charge on any atom is -0.370 e. The van der Waals surface area contributed by atoms with Crippen LogP contribution in [0.1, 0.15) is 5.69 Å². The van der Waals surface area contributed by atoms with Crippen molar-refractivity contribution in [2.24, 2.45) is 0 Å². The second kappa shape index (κ2) is 3.58. The van der Waals surface area contributed by atoms with E-state index < -0.39 is 0 Å². The lowest BCUT2D eigenvalue weighted by Crippen LogP contribution is -2.00. The molecule has 2 N–H and O–H groups in total. The van der Waals surface area contributed by atoms with Gasteiger partial charge in [-0.05, 0) is 6.92 Å². The summed E-state index contributed by atoms with van der Waals surface area (Å²) in [6.07, 6.45) is 7.41. The number of nitrogens with zero attached hydrogens (tertiary/aromatic N) is 4. The monoisotopic (exact) mass is 228 g/mol. The Kier molecular flexibility index (Phi) is 2.07. The van der Waals surface area contributed by atoms with Gasteiger partial charge in [-0.2, -0.15) is 5.10 Å². The highest BCUT2D eigenvalue weighted by Crippen LogP contribution is 2.22. The van der Waals surface area contributed by atoms with Gasteiger partial charge < -0.3 is 5.32 Å². The van der Waals surface area contributed by atoms with Crippen LogP contribution in [0.15, 0.2) is 24.8 Å². The zero-order chi connectivity index (χ0) is 11.8. The van der Waals surface area contributed by atoms with Crippen molar-refractivity contribution in [1.82, 2.24) is 24.6 Å². The number of nitrogens with one attached hydrogen (secondary N) is 2. The van der Waals surface area contributed by atoms with Crippen LogP contribution in [0.2, 0.25) is 0 Å². The van der Waals surface area contributed by atoms with Gasteiger partial charge in [0.05, 0.1) is 23.8 Å². The van der Waals surface area contributed by atoms with Crippen LogP contribution >= 0.6 is 0 Å². The molecular weight excluding hydrogens is 216 g/mol. The first-order valence-electron chi connectivity index (χ1n) is 5.31. The first-order chi connectivity index (χ1) is 8.29. The van der Waals surface area contributed by atoms with Crippen molar-refractivity contribution in [3.63, 3.8) is 0 Å². The molecule has 6 heteroatoms. The lowest BCUT2D eigenvalue weighted by atomic mass is 10.3. The normalized spacial score (nSPS) is 10.9. The number of aryl methyl sites for hydroxylation is 1. The fourth-order valence-corrected chi connectivity index (χ4v) is 1.88. The standard InChI is InChI=1S/C11H12N6/c1-7-6-17-9(8-3-14-15-4-8)5-13-11(17)10(12-2)16-7/h3-6H,1-2H3,(H,12,16)(H,14,15). The van der Waals surface area contributed by atoms with Gasteiger partial charge in [0, 0.05) is 25.0 Å². The van der Waals surface area contributed by atoms with Crippen LogP contribution in [-0.4, -0.2) is 31.6 Å². The van der Waals surface area contributed by atoms with Gasteiger partial charge in [0.25, 0.3) is 0 Å². The van der Waals surface area contributed by atoms with Crippen molar-refractivity contribution in [3.05, 3.63) is 30.5 Å². The van der Waals surface area contributed by atoms with E-state index in [0.717, 1.165) is 28.4 Å². The number of rotatable bonds is 2. The highest BCUT2D eigenvalue weighted by atomic mass is 15.1. The summed E-state index contributed by atoms with van der Waals surface area (Å²) >= 11 is 0. The minimum absolute atomic E-state index is 0.778. The van der Waals surface area contributed by atoms with E-state index in [2.05, 4.69) is 25.5 Å². The summed E-state index contributed by atoms with van der Waals surface area (Å²) < 4.78 is 2.01. The van der Waals surface area contributed by atoms with Crippen molar-refractivity contribution in [3.8, 4) is 11.3 Å². The number of anilines is 1. The fraction of sp³-hybridized carbons (Fsp3) is 0.182. The van der Waals surface area contributed by atoms with Gasteiger partial charge in [-0.3, -0.25) is 9.50 Å². The minimum atomic E-state index is 0.778. The van der Waals surface area contributed by atoms with Crippen LogP contribution < -0.4 is 5.32 Å². The molecule has 0 saturated heterocycles. The van der Waals surface area contributed by atoms with Crippen molar-refractivity contribution >= 4 is 11.5 Å². The molecule has 17 heavy (non-hydrogen) atoms. The first-order valence-corrected chi connectivity index (χ1v) is 5.31. The summed E-state index contributed by atoms with van der Waals surface area (Å²) in [6.45, 7) is 1.96. The van der Waals surface area contributed by atoms with Crippen LogP contribution in [-0.2, 0) is 0 Å². The maximum atomic E-state index is 4.40. The summed E-state index contributed by atoms with van der Waals surface area (Å²) in [6, 6.07) is 0. The number of hydrogen-bond donors (Lipinski definition) is 2. The second-order valence-electron chi connectivity index (χ2n) is 3.80. The van der Waals surface area contributed by atoms with Crippen molar-refractivity contribution < 1.29 is 0 Å². The van der Waals surface area contributed by atoms with Crippen molar-refractivity contribution in [2.45, 2.75) is 6.92 Å². The van der Waals surface area contributed by atoms with Crippen molar-refractivity contribution in [2.75, 3.05) is 12.4 Å². The summed E-state index contributed by atoms with van der Waals surface area (Å²) in [7, 11) is 1.84. The molecule has 0 unspecified atom stereocenters. The summed E-state index contributed by atoms with van der Waals surface area (Å²) in [5.74, 6) is 0.778. The molecule has 3 heterocycles. The highest BCUT2D eigenvalue weighted by molar-refractivity contribution is 5.70. The molecule has 0 fully saturated rings. The SMILES string of the molecule is CNc1nc(C)cn2c(-c3cn[nH]c3)cnc12. The number of H-pyrrole nitrogens is 1. The van der Waals surface area contributed by atoms with E-state index in [9.17, 15) is 0 Å². The molecule has 0 aromatic carbocycles. The first kappa shape index (κ1) is 9.83. The Morgan fingerprint density at radius 1 is 1.35 bits per heavy atom. The van der Waals surface area contributed by atoms with E-state index in [0.29, 0.717) is 0 Å². The molecule has 0 spiro atoms. The smallest absolute Gasteiger partial charge is 0.180 e. The topological polar surface area (TPSA) is 70.9 Å². The molecule has 0 atom stereocenters. The van der Waals surface area contributed by atoms with Crippen LogP contribution in [0, 0.1) is 6.92 Å². The van der Waals surface area contributed by atoms with Gasteiger partial charge in [0.1, 0.15) is 0 Å². The van der Waals surface area contributed by atoms with Crippen LogP contribution in [0.25, 0.3) is 16.9 Å². The molecule has 3 rings (SSSR count). The molecule has 3 aromatic heterocycles. The van der Waals surface area contributed by atoms with Crippen LogP contribution in [0.5, 0.6) is 0 Å². The van der Waals surface area contributed by atoms with E-state index in [-0.39, 0.29) is 0 Å². The predicted molar refractivity (Wildman–Crippen MR) is 64.9 cm³/mol. The molecular formula is C11H12N6. The van der Waals surface area contributed by atoms with E-state index in [1.54, 1.807) is 6.20 Å². The van der Waals surface area contributed by atoms with Gasteiger partial charge in [-0.1, -0.05) is 0 Å². The summed E-state index contributed by atoms with van der Waals surface area (Å²) in [5, 5.41) is 9.81. The third-order valence-electron chi connectivity index (χ3n) is 2.64. The van der Waals surface area contributed by atoms with Gasteiger partial charge in [-0.25, -0.2) is 9.97 Å². The predicted octanol–water partition coefficient (Wildman–Crippen LogP) is 1.47. The molecule has 3 aromatic rings. The Bertz CT molecular complexity index is 652. The molecule has 6 nitrogen and oxygen atoms in total. The molecule has 0 aliphatic carbocycles. The van der Waals surface area contributed by atoms with Crippen LogP contribution in [0.4, 0.5) is 5.82 Å².